The molecule has 0 spiro atoms. The van der Waals surface area contributed by atoms with Gasteiger partial charge in [0.15, 0.2) is 0 Å². The van der Waals surface area contributed by atoms with Gasteiger partial charge in [0.05, 0.1) is 13.0 Å². The van der Waals surface area contributed by atoms with E-state index in [1.807, 2.05) is 0 Å². The van der Waals surface area contributed by atoms with Crippen LogP contribution in [0, 0.1) is 5.92 Å². The van der Waals surface area contributed by atoms with E-state index in [0.29, 0.717) is 25.4 Å². The van der Waals surface area contributed by atoms with Crippen LogP contribution in [0.5, 0.6) is 11.8 Å². The molecule has 0 radical (unpaired) electrons. The fourth-order valence-corrected chi connectivity index (χ4v) is 2.18. The molecule has 1 atom stereocenters. The van der Waals surface area contributed by atoms with Crippen molar-refractivity contribution >= 4 is 5.97 Å². The van der Waals surface area contributed by atoms with Crippen molar-refractivity contribution in [3.05, 3.63) is 17.7 Å². The summed E-state index contributed by atoms with van der Waals surface area (Å²) in [5.74, 6) is -0.733. The Morgan fingerprint density at radius 2 is 2.39 bits per heavy atom. The van der Waals surface area contributed by atoms with Gasteiger partial charge >= 0.3 is 5.97 Å². The van der Waals surface area contributed by atoms with Gasteiger partial charge in [-0.05, 0) is 19.0 Å². The van der Waals surface area contributed by atoms with Crippen molar-refractivity contribution < 1.29 is 19.7 Å². The lowest BCUT2D eigenvalue weighted by Crippen LogP contribution is -2.23. The number of nitrogens with zero attached hydrogens (tertiary/aromatic N) is 2. The van der Waals surface area contributed by atoms with E-state index < -0.39 is 5.97 Å². The number of carboxylic acid groups (broad SMARTS) is 1. The molecule has 1 aliphatic rings. The zero-order chi connectivity index (χ0) is 13.1. The first-order valence-electron chi connectivity index (χ1n) is 5.78. The molecule has 1 aromatic heterocycles. The molecule has 1 unspecified atom stereocenters. The zero-order valence-corrected chi connectivity index (χ0v) is 10.2. The first-order chi connectivity index (χ1) is 8.60. The predicted molar refractivity (Wildman–Crippen MR) is 63.5 cm³/mol. The van der Waals surface area contributed by atoms with E-state index in [-0.39, 0.29) is 11.8 Å². The number of rotatable bonds is 4. The number of carbonyl (C=O) groups is 1. The summed E-state index contributed by atoms with van der Waals surface area (Å²) in [7, 11) is 1.50. The molecule has 1 fully saturated rings. The number of aromatic nitrogens is 1. The average molecular weight is 252 g/mol. The minimum absolute atomic E-state index is 0.0829. The van der Waals surface area contributed by atoms with Crippen LogP contribution in [0.3, 0.4) is 0 Å². The third-order valence-corrected chi connectivity index (χ3v) is 3.13. The van der Waals surface area contributed by atoms with Gasteiger partial charge in [0.2, 0.25) is 11.8 Å². The molecule has 0 aliphatic carbocycles. The number of hydrogen-bond acceptors (Lipinski definition) is 5. The Morgan fingerprint density at radius 3 is 3.00 bits per heavy atom. The first kappa shape index (κ1) is 12.6. The van der Waals surface area contributed by atoms with Gasteiger partial charge in [0, 0.05) is 24.7 Å². The lowest BCUT2D eigenvalue weighted by Gasteiger charge is -2.16. The summed E-state index contributed by atoms with van der Waals surface area (Å²) in [4.78, 5) is 16.8. The maximum absolute atomic E-state index is 10.9. The Kier molecular flexibility index (Phi) is 3.66. The molecule has 6 heteroatoms. The van der Waals surface area contributed by atoms with E-state index >= 15 is 0 Å². The monoisotopic (exact) mass is 252 g/mol. The van der Waals surface area contributed by atoms with Gasteiger partial charge in [-0.1, -0.05) is 0 Å². The van der Waals surface area contributed by atoms with E-state index in [0.717, 1.165) is 12.1 Å². The lowest BCUT2D eigenvalue weighted by atomic mass is 10.1. The largest absolute Gasteiger partial charge is 0.493 e. The Bertz CT molecular complexity index is 450. The van der Waals surface area contributed by atoms with Crippen molar-refractivity contribution in [1.82, 2.24) is 9.88 Å². The molecule has 0 bridgehead atoms. The van der Waals surface area contributed by atoms with E-state index in [1.165, 1.54) is 13.2 Å². The average Bonchev–Trinajstić information content (AvgIpc) is 2.80. The van der Waals surface area contributed by atoms with Crippen molar-refractivity contribution in [2.45, 2.75) is 13.0 Å². The fraction of sp³-hybridized carbons (Fsp3) is 0.500. The molecular weight excluding hydrogens is 236 g/mol. The normalized spacial score (nSPS) is 19.9. The van der Waals surface area contributed by atoms with Crippen molar-refractivity contribution in [3.8, 4) is 11.8 Å². The van der Waals surface area contributed by atoms with E-state index in [1.54, 1.807) is 6.07 Å². The third kappa shape index (κ3) is 2.70. The number of carboxylic acids is 1. The summed E-state index contributed by atoms with van der Waals surface area (Å²) in [5, 5.41) is 18.2. The summed E-state index contributed by atoms with van der Waals surface area (Å²) in [6.45, 7) is 1.88. The van der Waals surface area contributed by atoms with Crippen LogP contribution < -0.4 is 4.74 Å². The van der Waals surface area contributed by atoms with E-state index in [4.69, 9.17) is 9.84 Å². The van der Waals surface area contributed by atoms with Crippen LogP contribution in [-0.2, 0) is 11.3 Å². The standard InChI is InChI=1S/C12H16N2O4/c1-18-11-8(2-3-10(15)13-11)6-14-5-4-9(7-14)12(16)17/h2-3,9H,4-7H2,1H3,(H,13,15)(H,16,17). The highest BCUT2D eigenvalue weighted by Crippen LogP contribution is 2.24. The number of methoxy groups -OCH3 is 1. The van der Waals surface area contributed by atoms with Gasteiger partial charge in [-0.25, -0.2) is 0 Å². The molecule has 2 rings (SSSR count). The summed E-state index contributed by atoms with van der Waals surface area (Å²) in [5.41, 5.74) is 0.848. The third-order valence-electron chi connectivity index (χ3n) is 3.13. The Hall–Kier alpha value is -1.82. The Balaban J connectivity index is 2.04. The van der Waals surface area contributed by atoms with Crippen LogP contribution in [0.1, 0.15) is 12.0 Å². The van der Waals surface area contributed by atoms with Crippen LogP contribution >= 0.6 is 0 Å². The first-order valence-corrected chi connectivity index (χ1v) is 5.78. The minimum Gasteiger partial charge on any atom is -0.493 e. The second-order valence-electron chi connectivity index (χ2n) is 4.40. The molecule has 1 aromatic rings. The van der Waals surface area contributed by atoms with Crippen LogP contribution in [0.15, 0.2) is 12.1 Å². The van der Waals surface area contributed by atoms with Crippen molar-refractivity contribution in [2.24, 2.45) is 5.92 Å². The topological polar surface area (TPSA) is 82.9 Å². The maximum Gasteiger partial charge on any atom is 0.307 e. The molecule has 0 aromatic carbocycles. The van der Waals surface area contributed by atoms with Gasteiger partial charge in [0.1, 0.15) is 0 Å². The summed E-state index contributed by atoms with van der Waals surface area (Å²) in [6.07, 6.45) is 0.670. The fourth-order valence-electron chi connectivity index (χ4n) is 2.18. The second kappa shape index (κ2) is 5.22. The van der Waals surface area contributed by atoms with Gasteiger partial charge in [0.25, 0.3) is 0 Å². The SMILES string of the molecule is COc1nc(O)ccc1CN1CCC(C(=O)O)C1. The van der Waals surface area contributed by atoms with Crippen LogP contribution in [0.25, 0.3) is 0 Å². The number of aromatic hydroxyl groups is 1. The highest BCUT2D eigenvalue weighted by atomic mass is 16.5. The van der Waals surface area contributed by atoms with Crippen molar-refractivity contribution in [2.75, 3.05) is 20.2 Å². The minimum atomic E-state index is -0.742. The molecule has 6 nitrogen and oxygen atoms in total. The highest BCUT2D eigenvalue weighted by molar-refractivity contribution is 5.70. The smallest absolute Gasteiger partial charge is 0.307 e. The van der Waals surface area contributed by atoms with Crippen LogP contribution in [-0.4, -0.2) is 46.3 Å². The maximum atomic E-state index is 10.9. The highest BCUT2D eigenvalue weighted by Gasteiger charge is 2.28. The summed E-state index contributed by atoms with van der Waals surface area (Å²) >= 11 is 0. The summed E-state index contributed by atoms with van der Waals surface area (Å²) < 4.78 is 5.10. The quantitative estimate of drug-likeness (QED) is 0.821. The Labute approximate surface area is 105 Å². The zero-order valence-electron chi connectivity index (χ0n) is 10.2. The van der Waals surface area contributed by atoms with Gasteiger partial charge < -0.3 is 14.9 Å². The Morgan fingerprint density at radius 1 is 1.61 bits per heavy atom. The number of likely N-dealkylation sites (tertiary alicyclic amines) is 1. The number of hydrogen-bond donors (Lipinski definition) is 2. The number of aliphatic carboxylic acids is 1. The number of ether oxygens (including phenoxy) is 1. The molecule has 98 valence electrons. The van der Waals surface area contributed by atoms with Crippen LogP contribution in [0.2, 0.25) is 0 Å². The molecule has 0 saturated carbocycles. The van der Waals surface area contributed by atoms with Gasteiger partial charge in [-0.3, -0.25) is 9.69 Å². The summed E-state index contributed by atoms with van der Waals surface area (Å²) in [6, 6.07) is 3.25. The lowest BCUT2D eigenvalue weighted by molar-refractivity contribution is -0.141. The van der Waals surface area contributed by atoms with E-state index in [9.17, 15) is 9.90 Å². The molecule has 2 heterocycles. The second-order valence-corrected chi connectivity index (χ2v) is 4.40. The number of pyridine rings is 1. The van der Waals surface area contributed by atoms with Gasteiger partial charge in [-0.15, -0.1) is 0 Å². The molecule has 1 saturated heterocycles. The molecular formula is C12H16N2O4. The van der Waals surface area contributed by atoms with Gasteiger partial charge in [-0.2, -0.15) is 4.98 Å². The van der Waals surface area contributed by atoms with Crippen molar-refractivity contribution in [3.63, 3.8) is 0 Å². The van der Waals surface area contributed by atoms with Crippen molar-refractivity contribution in [1.29, 1.82) is 0 Å². The molecule has 2 N–H and O–H groups in total. The predicted octanol–water partition coefficient (Wildman–Crippen LogP) is 0.702. The van der Waals surface area contributed by atoms with E-state index in [2.05, 4.69) is 9.88 Å². The molecule has 18 heavy (non-hydrogen) atoms. The molecule has 0 amide bonds. The van der Waals surface area contributed by atoms with Crippen LogP contribution in [0.4, 0.5) is 0 Å². The molecule has 1 aliphatic heterocycles.